The second-order valence-corrected chi connectivity index (χ2v) is 7.28. The van der Waals surface area contributed by atoms with Crippen LogP contribution in [0.5, 0.6) is 0 Å². The smallest absolute Gasteiger partial charge is 0.326 e. The number of rotatable bonds is 3. The Morgan fingerprint density at radius 3 is 2.60 bits per heavy atom. The minimum Gasteiger partial charge on any atom is -0.480 e. The summed E-state index contributed by atoms with van der Waals surface area (Å²) in [5.41, 5.74) is 1.60. The van der Waals surface area contributed by atoms with Gasteiger partial charge in [-0.2, -0.15) is 0 Å². The molecule has 0 bridgehead atoms. The fourth-order valence-electron chi connectivity index (χ4n) is 2.66. The van der Waals surface area contributed by atoms with E-state index in [0.29, 0.717) is 13.0 Å². The van der Waals surface area contributed by atoms with Crippen LogP contribution in [0.3, 0.4) is 0 Å². The highest BCUT2D eigenvalue weighted by atomic mass is 32.2. The minimum atomic E-state index is -3.24. The first-order valence-corrected chi connectivity index (χ1v) is 8.50. The fourth-order valence-corrected chi connectivity index (χ4v) is 3.36. The summed E-state index contributed by atoms with van der Waals surface area (Å²) in [4.78, 5) is 13.5. The number of aryl methyl sites for hydroxylation is 1. The number of hydrogen-bond donors (Lipinski definition) is 1. The number of anilines is 1. The topological polar surface area (TPSA) is 74.7 Å². The van der Waals surface area contributed by atoms with Crippen molar-refractivity contribution in [2.24, 2.45) is 0 Å². The average molecular weight is 297 g/mol. The number of benzene rings is 1. The van der Waals surface area contributed by atoms with Gasteiger partial charge in [-0.15, -0.1) is 0 Å². The van der Waals surface area contributed by atoms with Crippen molar-refractivity contribution in [1.82, 2.24) is 0 Å². The van der Waals surface area contributed by atoms with Crippen LogP contribution in [0.15, 0.2) is 23.1 Å². The van der Waals surface area contributed by atoms with Gasteiger partial charge in [0.2, 0.25) is 0 Å². The first-order chi connectivity index (χ1) is 9.30. The number of aliphatic carboxylic acids is 1. The molecular weight excluding hydrogens is 278 g/mol. The summed E-state index contributed by atoms with van der Waals surface area (Å²) >= 11 is 0. The summed E-state index contributed by atoms with van der Waals surface area (Å²) in [7, 11) is -3.24. The summed E-state index contributed by atoms with van der Waals surface area (Å²) in [6.07, 6.45) is 3.66. The molecule has 2 rings (SSSR count). The van der Waals surface area contributed by atoms with Crippen molar-refractivity contribution in [3.05, 3.63) is 23.8 Å². The van der Waals surface area contributed by atoms with E-state index in [4.69, 9.17) is 0 Å². The SMILES string of the molecule is Cc1cc(S(C)(=O)=O)ccc1N1CCCC[C@@H]1C(=O)O. The Morgan fingerprint density at radius 1 is 1.35 bits per heavy atom. The molecule has 1 N–H and O–H groups in total. The number of carboxylic acid groups (broad SMARTS) is 1. The Bertz CT molecular complexity index is 624. The molecule has 110 valence electrons. The van der Waals surface area contributed by atoms with Crippen molar-refractivity contribution in [2.75, 3.05) is 17.7 Å². The Labute approximate surface area is 119 Å². The van der Waals surface area contributed by atoms with Gasteiger partial charge < -0.3 is 10.0 Å². The van der Waals surface area contributed by atoms with Crippen LogP contribution >= 0.6 is 0 Å². The van der Waals surface area contributed by atoms with E-state index in [-0.39, 0.29) is 4.90 Å². The maximum absolute atomic E-state index is 11.5. The van der Waals surface area contributed by atoms with Gasteiger partial charge in [-0.3, -0.25) is 0 Å². The highest BCUT2D eigenvalue weighted by Gasteiger charge is 2.29. The molecule has 0 saturated carbocycles. The number of piperidine rings is 1. The van der Waals surface area contributed by atoms with Gasteiger partial charge in [-0.1, -0.05) is 0 Å². The third kappa shape index (κ3) is 2.95. The molecule has 20 heavy (non-hydrogen) atoms. The molecule has 1 aliphatic heterocycles. The number of carboxylic acids is 1. The zero-order valence-electron chi connectivity index (χ0n) is 11.7. The first kappa shape index (κ1) is 14.8. The third-order valence-electron chi connectivity index (χ3n) is 3.69. The summed E-state index contributed by atoms with van der Waals surface area (Å²) in [6, 6.07) is 4.35. The Morgan fingerprint density at radius 2 is 2.05 bits per heavy atom. The highest BCUT2D eigenvalue weighted by Crippen LogP contribution is 2.29. The largest absolute Gasteiger partial charge is 0.480 e. The molecule has 6 heteroatoms. The Balaban J connectivity index is 2.39. The van der Waals surface area contributed by atoms with Crippen molar-refractivity contribution >= 4 is 21.5 Å². The first-order valence-electron chi connectivity index (χ1n) is 6.61. The van der Waals surface area contributed by atoms with Gasteiger partial charge in [-0.25, -0.2) is 13.2 Å². The van der Waals surface area contributed by atoms with E-state index in [2.05, 4.69) is 0 Å². The van der Waals surface area contributed by atoms with E-state index in [1.807, 2.05) is 11.8 Å². The molecule has 1 aromatic rings. The third-order valence-corrected chi connectivity index (χ3v) is 4.80. The van der Waals surface area contributed by atoms with Crippen LogP contribution in [-0.4, -0.2) is 38.3 Å². The molecular formula is C14H19NO4S. The van der Waals surface area contributed by atoms with E-state index in [1.54, 1.807) is 18.2 Å². The molecule has 1 aliphatic rings. The summed E-state index contributed by atoms with van der Waals surface area (Å²) in [6.45, 7) is 2.51. The van der Waals surface area contributed by atoms with E-state index in [1.165, 1.54) is 6.26 Å². The summed E-state index contributed by atoms with van der Waals surface area (Å²) < 4.78 is 23.1. The average Bonchev–Trinajstić information content (AvgIpc) is 2.37. The summed E-state index contributed by atoms with van der Waals surface area (Å²) in [5.74, 6) is -0.823. The van der Waals surface area contributed by atoms with Crippen LogP contribution in [-0.2, 0) is 14.6 Å². The van der Waals surface area contributed by atoms with Gasteiger partial charge in [-0.05, 0) is 49.9 Å². The summed E-state index contributed by atoms with van der Waals surface area (Å²) in [5, 5.41) is 9.31. The molecule has 0 aliphatic carbocycles. The number of nitrogens with zero attached hydrogens (tertiary/aromatic N) is 1. The Hall–Kier alpha value is -1.56. The molecule has 5 nitrogen and oxygen atoms in total. The van der Waals surface area contributed by atoms with E-state index >= 15 is 0 Å². The maximum Gasteiger partial charge on any atom is 0.326 e. The van der Waals surface area contributed by atoms with Crippen molar-refractivity contribution in [1.29, 1.82) is 0 Å². The van der Waals surface area contributed by atoms with Crippen molar-refractivity contribution in [2.45, 2.75) is 37.1 Å². The minimum absolute atomic E-state index is 0.266. The normalized spacial score (nSPS) is 19.9. The quantitative estimate of drug-likeness (QED) is 0.921. The number of carbonyl (C=O) groups is 1. The maximum atomic E-state index is 11.5. The monoisotopic (exact) mass is 297 g/mol. The molecule has 0 amide bonds. The molecule has 1 saturated heterocycles. The van der Waals surface area contributed by atoms with E-state index in [9.17, 15) is 18.3 Å². The lowest BCUT2D eigenvalue weighted by Gasteiger charge is -2.35. The fraction of sp³-hybridized carbons (Fsp3) is 0.500. The van der Waals surface area contributed by atoms with Gasteiger partial charge in [0.05, 0.1) is 4.90 Å². The number of sulfone groups is 1. The lowest BCUT2D eigenvalue weighted by atomic mass is 10.00. The molecule has 1 heterocycles. The lowest BCUT2D eigenvalue weighted by molar-refractivity contribution is -0.139. The molecule has 1 fully saturated rings. The molecule has 1 aromatic carbocycles. The van der Waals surface area contributed by atoms with Crippen LogP contribution in [0, 0.1) is 6.92 Å². The van der Waals surface area contributed by atoms with Crippen LogP contribution in [0.25, 0.3) is 0 Å². The van der Waals surface area contributed by atoms with Gasteiger partial charge in [0.1, 0.15) is 6.04 Å². The zero-order valence-corrected chi connectivity index (χ0v) is 12.5. The van der Waals surface area contributed by atoms with Gasteiger partial charge in [0.15, 0.2) is 9.84 Å². The van der Waals surface area contributed by atoms with E-state index in [0.717, 1.165) is 24.1 Å². The predicted molar refractivity (Wildman–Crippen MR) is 76.9 cm³/mol. The number of hydrogen-bond acceptors (Lipinski definition) is 4. The van der Waals surface area contributed by atoms with Crippen LogP contribution in [0.4, 0.5) is 5.69 Å². The lowest BCUT2D eigenvalue weighted by Crippen LogP contribution is -2.45. The molecule has 0 unspecified atom stereocenters. The highest BCUT2D eigenvalue weighted by molar-refractivity contribution is 7.90. The standard InChI is InChI=1S/C14H19NO4S/c1-10-9-11(20(2,18)19)6-7-12(10)15-8-4-3-5-13(15)14(16)17/h6-7,9,13H,3-5,8H2,1-2H3,(H,16,17)/t13-/m1/s1. The van der Waals surface area contributed by atoms with Crippen LogP contribution in [0.2, 0.25) is 0 Å². The zero-order chi connectivity index (χ0) is 14.9. The molecule has 0 aromatic heterocycles. The van der Waals surface area contributed by atoms with Crippen molar-refractivity contribution in [3.8, 4) is 0 Å². The van der Waals surface area contributed by atoms with Crippen LogP contribution in [0.1, 0.15) is 24.8 Å². The second-order valence-electron chi connectivity index (χ2n) is 5.26. The van der Waals surface area contributed by atoms with Crippen molar-refractivity contribution < 1.29 is 18.3 Å². The molecule has 0 radical (unpaired) electrons. The Kier molecular flexibility index (Phi) is 4.04. The second kappa shape index (κ2) is 5.44. The van der Waals surface area contributed by atoms with E-state index < -0.39 is 21.8 Å². The van der Waals surface area contributed by atoms with Gasteiger partial charge in [0.25, 0.3) is 0 Å². The molecule has 1 atom stereocenters. The predicted octanol–water partition coefficient (Wildman–Crippen LogP) is 1.84. The van der Waals surface area contributed by atoms with Crippen molar-refractivity contribution in [3.63, 3.8) is 0 Å². The molecule has 0 spiro atoms. The van der Waals surface area contributed by atoms with Crippen LogP contribution < -0.4 is 4.90 Å². The van der Waals surface area contributed by atoms with Gasteiger partial charge in [0, 0.05) is 18.5 Å². The van der Waals surface area contributed by atoms with Gasteiger partial charge >= 0.3 is 5.97 Å².